The summed E-state index contributed by atoms with van der Waals surface area (Å²) in [5.74, 6) is 0. The van der Waals surface area contributed by atoms with Crippen LogP contribution in [0.25, 0.3) is 0 Å². The zero-order valence-electron chi connectivity index (χ0n) is 12.2. The molecule has 0 amide bonds. The lowest BCUT2D eigenvalue weighted by molar-refractivity contribution is 0.269. The van der Waals surface area contributed by atoms with Crippen molar-refractivity contribution in [3.63, 3.8) is 0 Å². The summed E-state index contributed by atoms with van der Waals surface area (Å²) in [6.07, 6.45) is 3.69. The van der Waals surface area contributed by atoms with Crippen molar-refractivity contribution in [2.45, 2.75) is 19.5 Å². The number of anilines is 2. The molecule has 1 unspecified atom stereocenters. The second kappa shape index (κ2) is 6.43. The van der Waals surface area contributed by atoms with E-state index in [1.54, 1.807) is 10.9 Å². The van der Waals surface area contributed by atoms with Gasteiger partial charge in [0.05, 0.1) is 31.1 Å². The molecule has 0 saturated carbocycles. The standard InChI is InChI=1S/C15H22N4O/c1-12(14-6-4-5-7-15(14)18(2)3)17-13-10-16-19(11-13)8-9-20/h4-7,10-12,17,20H,8-9H2,1-3H3. The summed E-state index contributed by atoms with van der Waals surface area (Å²) in [6, 6.07) is 8.52. The van der Waals surface area contributed by atoms with E-state index in [0.29, 0.717) is 6.54 Å². The molecule has 1 aromatic carbocycles. The van der Waals surface area contributed by atoms with Gasteiger partial charge in [0, 0.05) is 26.0 Å². The highest BCUT2D eigenvalue weighted by Crippen LogP contribution is 2.27. The summed E-state index contributed by atoms with van der Waals surface area (Å²) in [4.78, 5) is 2.11. The summed E-state index contributed by atoms with van der Waals surface area (Å²) >= 11 is 0. The molecule has 1 heterocycles. The van der Waals surface area contributed by atoms with Crippen LogP contribution in [0.4, 0.5) is 11.4 Å². The second-order valence-corrected chi connectivity index (χ2v) is 5.03. The van der Waals surface area contributed by atoms with Crippen molar-refractivity contribution in [2.24, 2.45) is 0 Å². The van der Waals surface area contributed by atoms with E-state index in [2.05, 4.69) is 40.4 Å². The Kier molecular flexibility index (Phi) is 4.63. The summed E-state index contributed by atoms with van der Waals surface area (Å²) in [5, 5.41) is 16.5. The highest BCUT2D eigenvalue weighted by Gasteiger charge is 2.12. The van der Waals surface area contributed by atoms with Gasteiger partial charge in [-0.15, -0.1) is 0 Å². The molecule has 1 aromatic heterocycles. The Balaban J connectivity index is 2.13. The van der Waals surface area contributed by atoms with E-state index in [9.17, 15) is 0 Å². The lowest BCUT2D eigenvalue weighted by Gasteiger charge is -2.22. The number of nitrogens with zero attached hydrogens (tertiary/aromatic N) is 3. The maximum atomic E-state index is 8.90. The molecule has 2 aromatic rings. The van der Waals surface area contributed by atoms with Gasteiger partial charge in [0.25, 0.3) is 0 Å². The van der Waals surface area contributed by atoms with E-state index in [4.69, 9.17) is 5.11 Å². The fourth-order valence-corrected chi connectivity index (χ4v) is 2.25. The van der Waals surface area contributed by atoms with Crippen molar-refractivity contribution in [1.82, 2.24) is 9.78 Å². The van der Waals surface area contributed by atoms with Crippen LogP contribution in [-0.4, -0.2) is 35.6 Å². The third-order valence-electron chi connectivity index (χ3n) is 3.23. The van der Waals surface area contributed by atoms with E-state index in [1.165, 1.54) is 11.3 Å². The van der Waals surface area contributed by atoms with Crippen LogP contribution in [0.15, 0.2) is 36.7 Å². The van der Waals surface area contributed by atoms with E-state index < -0.39 is 0 Å². The van der Waals surface area contributed by atoms with E-state index in [-0.39, 0.29) is 12.6 Å². The molecule has 0 radical (unpaired) electrons. The normalized spacial score (nSPS) is 12.2. The van der Waals surface area contributed by atoms with E-state index >= 15 is 0 Å². The minimum absolute atomic E-state index is 0.0974. The third-order valence-corrected chi connectivity index (χ3v) is 3.23. The average Bonchev–Trinajstić information content (AvgIpc) is 2.86. The Morgan fingerprint density at radius 2 is 2.10 bits per heavy atom. The molecule has 2 N–H and O–H groups in total. The molecule has 20 heavy (non-hydrogen) atoms. The topological polar surface area (TPSA) is 53.3 Å². The Morgan fingerprint density at radius 3 is 2.80 bits per heavy atom. The van der Waals surface area contributed by atoms with Crippen LogP contribution >= 0.6 is 0 Å². The number of aliphatic hydroxyl groups excluding tert-OH is 1. The Hall–Kier alpha value is -2.01. The van der Waals surface area contributed by atoms with Gasteiger partial charge in [0.2, 0.25) is 0 Å². The van der Waals surface area contributed by atoms with Crippen LogP contribution in [-0.2, 0) is 6.54 Å². The first-order chi connectivity index (χ1) is 9.61. The third kappa shape index (κ3) is 3.30. The van der Waals surface area contributed by atoms with Crippen molar-refractivity contribution >= 4 is 11.4 Å². The lowest BCUT2D eigenvalue weighted by atomic mass is 10.1. The van der Waals surface area contributed by atoms with Crippen molar-refractivity contribution in [3.05, 3.63) is 42.2 Å². The van der Waals surface area contributed by atoms with Gasteiger partial charge in [-0.2, -0.15) is 5.10 Å². The Labute approximate surface area is 119 Å². The molecule has 5 nitrogen and oxygen atoms in total. The van der Waals surface area contributed by atoms with Crippen LogP contribution < -0.4 is 10.2 Å². The van der Waals surface area contributed by atoms with Gasteiger partial charge in [-0.3, -0.25) is 4.68 Å². The second-order valence-electron chi connectivity index (χ2n) is 5.03. The van der Waals surface area contributed by atoms with Crippen LogP contribution in [0.5, 0.6) is 0 Å². The predicted molar refractivity (Wildman–Crippen MR) is 82.1 cm³/mol. The quantitative estimate of drug-likeness (QED) is 0.847. The van der Waals surface area contributed by atoms with Gasteiger partial charge < -0.3 is 15.3 Å². The summed E-state index contributed by atoms with van der Waals surface area (Å²) < 4.78 is 1.73. The van der Waals surface area contributed by atoms with E-state index in [0.717, 1.165) is 5.69 Å². The van der Waals surface area contributed by atoms with Gasteiger partial charge in [0.15, 0.2) is 0 Å². The highest BCUT2D eigenvalue weighted by atomic mass is 16.3. The molecule has 0 spiro atoms. The lowest BCUT2D eigenvalue weighted by Crippen LogP contribution is -2.15. The maximum absolute atomic E-state index is 8.90. The van der Waals surface area contributed by atoms with Crippen LogP contribution in [0.2, 0.25) is 0 Å². The molecule has 2 rings (SSSR count). The molecule has 0 bridgehead atoms. The largest absolute Gasteiger partial charge is 0.394 e. The Morgan fingerprint density at radius 1 is 1.35 bits per heavy atom. The number of para-hydroxylation sites is 1. The molecule has 1 atom stereocenters. The molecule has 0 saturated heterocycles. The fourth-order valence-electron chi connectivity index (χ4n) is 2.25. The SMILES string of the molecule is CC(Nc1cnn(CCO)c1)c1ccccc1N(C)C. The van der Waals surface area contributed by atoms with Crippen molar-refractivity contribution < 1.29 is 5.11 Å². The molecule has 0 aliphatic carbocycles. The number of benzene rings is 1. The molecule has 108 valence electrons. The average molecular weight is 274 g/mol. The minimum atomic E-state index is 0.0974. The van der Waals surface area contributed by atoms with Crippen molar-refractivity contribution in [1.29, 1.82) is 0 Å². The summed E-state index contributed by atoms with van der Waals surface area (Å²) in [6.45, 7) is 2.75. The first-order valence-corrected chi connectivity index (χ1v) is 6.78. The molecule has 5 heteroatoms. The minimum Gasteiger partial charge on any atom is -0.394 e. The van der Waals surface area contributed by atoms with Gasteiger partial charge in [-0.25, -0.2) is 0 Å². The number of aromatic nitrogens is 2. The molecular formula is C15H22N4O. The Bertz CT molecular complexity index is 550. The van der Waals surface area contributed by atoms with Gasteiger partial charge in [0.1, 0.15) is 0 Å². The number of aliphatic hydroxyl groups is 1. The van der Waals surface area contributed by atoms with Crippen LogP contribution in [0.3, 0.4) is 0 Å². The zero-order valence-corrected chi connectivity index (χ0v) is 12.2. The molecule has 0 fully saturated rings. The predicted octanol–water partition coefficient (Wildman–Crippen LogP) is 2.11. The summed E-state index contributed by atoms with van der Waals surface area (Å²) in [7, 11) is 4.09. The molecule has 0 aliphatic rings. The first kappa shape index (κ1) is 14.4. The monoisotopic (exact) mass is 274 g/mol. The number of nitrogens with one attached hydrogen (secondary N) is 1. The van der Waals surface area contributed by atoms with Crippen molar-refractivity contribution in [3.8, 4) is 0 Å². The van der Waals surface area contributed by atoms with E-state index in [1.807, 2.05) is 26.4 Å². The highest BCUT2D eigenvalue weighted by molar-refractivity contribution is 5.56. The van der Waals surface area contributed by atoms with Gasteiger partial charge in [-0.05, 0) is 18.6 Å². The van der Waals surface area contributed by atoms with Crippen molar-refractivity contribution in [2.75, 3.05) is 30.9 Å². The van der Waals surface area contributed by atoms with Crippen LogP contribution in [0, 0.1) is 0 Å². The number of hydrogen-bond acceptors (Lipinski definition) is 4. The van der Waals surface area contributed by atoms with Crippen LogP contribution in [0.1, 0.15) is 18.5 Å². The van der Waals surface area contributed by atoms with Gasteiger partial charge >= 0.3 is 0 Å². The number of hydrogen-bond donors (Lipinski definition) is 2. The zero-order chi connectivity index (χ0) is 14.5. The maximum Gasteiger partial charge on any atom is 0.0731 e. The van der Waals surface area contributed by atoms with Gasteiger partial charge in [-0.1, -0.05) is 18.2 Å². The number of rotatable bonds is 6. The first-order valence-electron chi connectivity index (χ1n) is 6.78. The summed E-state index contributed by atoms with van der Waals surface area (Å²) in [5.41, 5.74) is 3.40. The molecule has 0 aliphatic heterocycles. The molecular weight excluding hydrogens is 252 g/mol. The fraction of sp³-hybridized carbons (Fsp3) is 0.400. The smallest absolute Gasteiger partial charge is 0.0731 e.